The molecule has 0 unspecified atom stereocenters. The van der Waals surface area contributed by atoms with Crippen LogP contribution in [0.15, 0.2) is 24.5 Å². The molecule has 0 spiro atoms. The molecule has 1 aliphatic carbocycles. The fourth-order valence-corrected chi connectivity index (χ4v) is 4.08. The van der Waals surface area contributed by atoms with Gasteiger partial charge in [-0.2, -0.15) is 5.10 Å². The Labute approximate surface area is 141 Å². The van der Waals surface area contributed by atoms with Crippen molar-refractivity contribution in [2.45, 2.75) is 36.8 Å². The average molecular weight is 351 g/mol. The molecule has 24 heavy (non-hydrogen) atoms. The maximum absolute atomic E-state index is 12.5. The van der Waals surface area contributed by atoms with Gasteiger partial charge in [-0.25, -0.2) is 8.42 Å². The predicted molar refractivity (Wildman–Crippen MR) is 88.8 cm³/mol. The molecular weight excluding hydrogens is 330 g/mol. The summed E-state index contributed by atoms with van der Waals surface area (Å²) in [5.41, 5.74) is 0.902. The van der Waals surface area contributed by atoms with E-state index in [-0.39, 0.29) is 11.5 Å². The molecular formula is C16H21N3O4S. The number of ether oxygens (including phenoxy) is 2. The zero-order valence-corrected chi connectivity index (χ0v) is 14.6. The summed E-state index contributed by atoms with van der Waals surface area (Å²) in [6, 6.07) is 3.82. The van der Waals surface area contributed by atoms with Crippen LogP contribution in [0.25, 0.3) is 0 Å². The molecule has 130 valence electrons. The lowest BCUT2D eigenvalue weighted by atomic mass is 9.93. The van der Waals surface area contributed by atoms with E-state index in [4.69, 9.17) is 9.47 Å². The number of pyridine rings is 1. The molecule has 0 saturated heterocycles. The lowest BCUT2D eigenvalue weighted by Gasteiger charge is -2.25. The Morgan fingerprint density at radius 2 is 2.00 bits per heavy atom. The highest BCUT2D eigenvalue weighted by Crippen LogP contribution is 2.32. The Kier molecular flexibility index (Phi) is 4.75. The molecule has 0 bridgehead atoms. The van der Waals surface area contributed by atoms with E-state index in [0.29, 0.717) is 28.9 Å². The summed E-state index contributed by atoms with van der Waals surface area (Å²) in [6.07, 6.45) is 6.80. The van der Waals surface area contributed by atoms with Gasteiger partial charge in [-0.15, -0.1) is 0 Å². The molecule has 3 rings (SSSR count). The smallest absolute Gasteiger partial charge is 0.183 e. The number of hydrogen-bond donors (Lipinski definition) is 0. The molecule has 0 atom stereocenters. The van der Waals surface area contributed by atoms with Crippen LogP contribution in [0.3, 0.4) is 0 Å². The number of sulfone groups is 1. The third-order valence-electron chi connectivity index (χ3n) is 4.20. The molecule has 0 N–H and O–H groups in total. The fourth-order valence-electron chi connectivity index (χ4n) is 2.75. The van der Waals surface area contributed by atoms with Crippen molar-refractivity contribution in [3.63, 3.8) is 0 Å². The molecule has 0 aromatic carbocycles. The molecule has 1 fully saturated rings. The molecule has 2 heterocycles. The molecule has 2 aromatic rings. The second-order valence-corrected chi connectivity index (χ2v) is 7.96. The van der Waals surface area contributed by atoms with Gasteiger partial charge in [0, 0.05) is 18.5 Å². The van der Waals surface area contributed by atoms with E-state index in [1.165, 1.54) is 26.8 Å². The molecule has 8 heteroatoms. The van der Waals surface area contributed by atoms with Crippen molar-refractivity contribution in [2.75, 3.05) is 14.2 Å². The Morgan fingerprint density at radius 1 is 1.21 bits per heavy atom. The largest absolute Gasteiger partial charge is 0.493 e. The van der Waals surface area contributed by atoms with Gasteiger partial charge in [0.15, 0.2) is 21.3 Å². The van der Waals surface area contributed by atoms with E-state index >= 15 is 0 Å². The third kappa shape index (κ3) is 3.53. The minimum atomic E-state index is -3.42. The Morgan fingerprint density at radius 3 is 2.62 bits per heavy atom. The summed E-state index contributed by atoms with van der Waals surface area (Å²) in [5.74, 6) is 0.480. The van der Waals surface area contributed by atoms with Crippen LogP contribution in [0.4, 0.5) is 0 Å². The lowest BCUT2D eigenvalue weighted by Crippen LogP contribution is -2.18. The zero-order chi connectivity index (χ0) is 17.2. The van der Waals surface area contributed by atoms with Crippen LogP contribution < -0.4 is 9.47 Å². The monoisotopic (exact) mass is 351 g/mol. The van der Waals surface area contributed by atoms with Gasteiger partial charge in [0.2, 0.25) is 0 Å². The first kappa shape index (κ1) is 16.8. The fraction of sp³-hybridized carbons (Fsp3) is 0.500. The van der Waals surface area contributed by atoms with E-state index in [0.717, 1.165) is 12.8 Å². The van der Waals surface area contributed by atoms with Gasteiger partial charge >= 0.3 is 0 Å². The predicted octanol–water partition coefficient (Wildman–Crippen LogP) is 2.14. The molecule has 0 radical (unpaired) electrons. The van der Waals surface area contributed by atoms with E-state index in [1.807, 2.05) is 10.9 Å². The van der Waals surface area contributed by atoms with Gasteiger partial charge in [0.25, 0.3) is 0 Å². The molecule has 1 aliphatic rings. The standard InChI is InChI=1S/C16H21N3O4S/c1-22-15-6-8-17-14(16(15)23-2)11-24(20,21)10-12-7-9-19(18-12)13-4-3-5-13/h6-9,13H,3-5,10-11H2,1-2H3. The first-order valence-corrected chi connectivity index (χ1v) is 9.65. The summed E-state index contributed by atoms with van der Waals surface area (Å²) < 4.78 is 37.3. The van der Waals surface area contributed by atoms with Gasteiger partial charge in [-0.05, 0) is 25.3 Å². The molecule has 1 saturated carbocycles. The minimum Gasteiger partial charge on any atom is -0.493 e. The highest BCUT2D eigenvalue weighted by molar-refractivity contribution is 7.89. The van der Waals surface area contributed by atoms with Crippen LogP contribution in [0.1, 0.15) is 36.7 Å². The van der Waals surface area contributed by atoms with Gasteiger partial charge in [-0.1, -0.05) is 0 Å². The Hall–Kier alpha value is -2.09. The molecule has 2 aromatic heterocycles. The van der Waals surface area contributed by atoms with Crippen molar-refractivity contribution in [1.29, 1.82) is 0 Å². The Bertz CT molecular complexity index is 812. The van der Waals surface area contributed by atoms with Crippen LogP contribution in [-0.4, -0.2) is 37.4 Å². The number of rotatable bonds is 7. The van der Waals surface area contributed by atoms with Crippen molar-refractivity contribution in [3.05, 3.63) is 35.9 Å². The lowest BCUT2D eigenvalue weighted by molar-refractivity contribution is 0.288. The highest BCUT2D eigenvalue weighted by Gasteiger charge is 2.23. The third-order valence-corrected chi connectivity index (χ3v) is 5.65. The van der Waals surface area contributed by atoms with Crippen LogP contribution in [-0.2, 0) is 21.3 Å². The van der Waals surface area contributed by atoms with Crippen LogP contribution in [0, 0.1) is 0 Å². The SMILES string of the molecule is COc1ccnc(CS(=O)(=O)Cc2ccn(C3CCC3)n2)c1OC. The van der Waals surface area contributed by atoms with Crippen molar-refractivity contribution < 1.29 is 17.9 Å². The second-order valence-electron chi connectivity index (χ2n) is 5.90. The molecule has 7 nitrogen and oxygen atoms in total. The summed E-state index contributed by atoms with van der Waals surface area (Å²) in [7, 11) is -0.449. The van der Waals surface area contributed by atoms with Crippen molar-refractivity contribution in [2.24, 2.45) is 0 Å². The topological polar surface area (TPSA) is 83.3 Å². The second kappa shape index (κ2) is 6.80. The zero-order valence-electron chi connectivity index (χ0n) is 13.8. The first-order chi connectivity index (χ1) is 11.5. The van der Waals surface area contributed by atoms with Gasteiger partial charge in [0.05, 0.1) is 37.5 Å². The minimum absolute atomic E-state index is 0.116. The van der Waals surface area contributed by atoms with E-state index in [9.17, 15) is 8.42 Å². The van der Waals surface area contributed by atoms with E-state index in [2.05, 4.69) is 10.1 Å². The highest BCUT2D eigenvalue weighted by atomic mass is 32.2. The quantitative estimate of drug-likeness (QED) is 0.760. The summed E-state index contributed by atoms with van der Waals surface area (Å²) in [6.45, 7) is 0. The normalized spacial score (nSPS) is 15.1. The number of nitrogens with zero attached hydrogens (tertiary/aromatic N) is 3. The Balaban J connectivity index is 1.75. The number of methoxy groups -OCH3 is 2. The van der Waals surface area contributed by atoms with Crippen molar-refractivity contribution in [3.8, 4) is 11.5 Å². The average Bonchev–Trinajstić information content (AvgIpc) is 2.91. The summed E-state index contributed by atoms with van der Waals surface area (Å²) >= 11 is 0. The summed E-state index contributed by atoms with van der Waals surface area (Å²) in [4.78, 5) is 4.13. The van der Waals surface area contributed by atoms with Crippen LogP contribution in [0.2, 0.25) is 0 Å². The summed E-state index contributed by atoms with van der Waals surface area (Å²) in [5, 5.41) is 4.40. The van der Waals surface area contributed by atoms with Crippen LogP contribution >= 0.6 is 0 Å². The number of aromatic nitrogens is 3. The van der Waals surface area contributed by atoms with Crippen LogP contribution in [0.5, 0.6) is 11.5 Å². The number of hydrogen-bond acceptors (Lipinski definition) is 6. The van der Waals surface area contributed by atoms with Gasteiger partial charge in [-0.3, -0.25) is 9.67 Å². The molecule has 0 amide bonds. The van der Waals surface area contributed by atoms with Gasteiger partial charge in [0.1, 0.15) is 5.69 Å². The van der Waals surface area contributed by atoms with E-state index in [1.54, 1.807) is 12.1 Å². The maximum atomic E-state index is 12.5. The van der Waals surface area contributed by atoms with E-state index < -0.39 is 9.84 Å². The maximum Gasteiger partial charge on any atom is 0.183 e. The first-order valence-electron chi connectivity index (χ1n) is 7.82. The molecule has 0 aliphatic heterocycles. The van der Waals surface area contributed by atoms with Crippen molar-refractivity contribution in [1.82, 2.24) is 14.8 Å². The van der Waals surface area contributed by atoms with Gasteiger partial charge < -0.3 is 9.47 Å². The van der Waals surface area contributed by atoms with Crippen molar-refractivity contribution >= 4 is 9.84 Å².